The van der Waals surface area contributed by atoms with Crippen molar-refractivity contribution in [1.29, 1.82) is 0 Å². The van der Waals surface area contributed by atoms with Gasteiger partial charge in [-0.3, -0.25) is 0 Å². The summed E-state index contributed by atoms with van der Waals surface area (Å²) < 4.78 is 0. The molecule has 2 heteroatoms. The number of hydrogen-bond donors (Lipinski definition) is 2. The van der Waals surface area contributed by atoms with Crippen molar-refractivity contribution in [2.45, 2.75) is 27.2 Å². The average molecular weight is 161 g/mol. The van der Waals surface area contributed by atoms with E-state index in [0.717, 1.165) is 24.3 Å². The van der Waals surface area contributed by atoms with Gasteiger partial charge in [0.25, 0.3) is 0 Å². The quantitative estimate of drug-likeness (QED) is 0.465. The van der Waals surface area contributed by atoms with Crippen molar-refractivity contribution in [2.24, 2.45) is 11.8 Å². The van der Waals surface area contributed by atoms with Gasteiger partial charge < -0.3 is 5.32 Å². The molecule has 0 rings (SSSR count). The molecule has 0 heterocycles. The third kappa shape index (κ3) is 4.18. The average Bonchev–Trinajstić information content (AvgIpc) is 1.98. The molecule has 62 valence electrons. The first-order chi connectivity index (χ1) is 4.72. The van der Waals surface area contributed by atoms with Crippen LogP contribution in [0, 0.1) is 11.8 Å². The minimum absolute atomic E-state index is 0.775. The molecular formula is C8H19NS. The summed E-state index contributed by atoms with van der Waals surface area (Å²) in [6.07, 6.45) is 1.27. The smallest absolute Gasteiger partial charge is 0.0387 e. The van der Waals surface area contributed by atoms with E-state index in [1.807, 2.05) is 0 Å². The zero-order valence-electron chi connectivity index (χ0n) is 7.22. The molecule has 1 nitrogen and oxygen atoms in total. The first-order valence-corrected chi connectivity index (χ1v) is 4.67. The van der Waals surface area contributed by atoms with E-state index >= 15 is 0 Å². The molecule has 0 saturated heterocycles. The molecule has 0 aliphatic rings. The van der Waals surface area contributed by atoms with Crippen LogP contribution in [-0.2, 0) is 0 Å². The standard InChI is InChI=1S/C8H19NS/c1-4-7(2)8(3)5-9-6-10/h7-10H,4-6H2,1-3H3. The van der Waals surface area contributed by atoms with E-state index in [-0.39, 0.29) is 0 Å². The van der Waals surface area contributed by atoms with Crippen LogP contribution in [0.4, 0.5) is 0 Å². The van der Waals surface area contributed by atoms with Gasteiger partial charge in [-0.2, -0.15) is 12.6 Å². The van der Waals surface area contributed by atoms with E-state index in [4.69, 9.17) is 0 Å². The second kappa shape index (κ2) is 6.05. The van der Waals surface area contributed by atoms with Crippen molar-refractivity contribution in [1.82, 2.24) is 5.32 Å². The fourth-order valence-electron chi connectivity index (χ4n) is 0.896. The van der Waals surface area contributed by atoms with Crippen LogP contribution in [0.15, 0.2) is 0 Å². The first kappa shape index (κ1) is 10.3. The van der Waals surface area contributed by atoms with Crippen LogP contribution in [0.3, 0.4) is 0 Å². The number of hydrogen-bond acceptors (Lipinski definition) is 2. The summed E-state index contributed by atoms with van der Waals surface area (Å²) >= 11 is 4.08. The zero-order chi connectivity index (χ0) is 7.98. The summed E-state index contributed by atoms with van der Waals surface area (Å²) in [5.74, 6) is 2.39. The fraction of sp³-hybridized carbons (Fsp3) is 1.00. The second-order valence-electron chi connectivity index (χ2n) is 2.98. The Morgan fingerprint density at radius 3 is 2.30 bits per heavy atom. The van der Waals surface area contributed by atoms with Crippen LogP contribution >= 0.6 is 12.6 Å². The highest BCUT2D eigenvalue weighted by Crippen LogP contribution is 2.12. The molecule has 0 saturated carbocycles. The van der Waals surface area contributed by atoms with Crippen molar-refractivity contribution in [2.75, 3.05) is 12.4 Å². The van der Waals surface area contributed by atoms with Gasteiger partial charge in [-0.25, -0.2) is 0 Å². The number of thiol groups is 1. The highest BCUT2D eigenvalue weighted by Gasteiger charge is 2.07. The number of rotatable bonds is 5. The summed E-state index contributed by atoms with van der Waals surface area (Å²) in [6.45, 7) is 7.91. The van der Waals surface area contributed by atoms with Gasteiger partial charge in [-0.15, -0.1) is 0 Å². The minimum Gasteiger partial charge on any atom is -0.308 e. The zero-order valence-corrected chi connectivity index (χ0v) is 8.12. The van der Waals surface area contributed by atoms with E-state index in [2.05, 4.69) is 38.7 Å². The molecule has 0 aromatic carbocycles. The predicted molar refractivity (Wildman–Crippen MR) is 50.5 cm³/mol. The van der Waals surface area contributed by atoms with Gasteiger partial charge in [0.2, 0.25) is 0 Å². The van der Waals surface area contributed by atoms with Crippen LogP contribution in [0.5, 0.6) is 0 Å². The Morgan fingerprint density at radius 1 is 1.30 bits per heavy atom. The summed E-state index contributed by atoms with van der Waals surface area (Å²) in [5, 5.41) is 3.23. The maximum Gasteiger partial charge on any atom is 0.0387 e. The Morgan fingerprint density at radius 2 is 1.90 bits per heavy atom. The van der Waals surface area contributed by atoms with Gasteiger partial charge in [0.15, 0.2) is 0 Å². The molecule has 2 atom stereocenters. The van der Waals surface area contributed by atoms with Crippen molar-refractivity contribution >= 4 is 12.6 Å². The molecule has 0 bridgehead atoms. The van der Waals surface area contributed by atoms with Gasteiger partial charge in [0, 0.05) is 5.88 Å². The predicted octanol–water partition coefficient (Wildman–Crippen LogP) is 2.15. The third-order valence-electron chi connectivity index (χ3n) is 2.19. The minimum atomic E-state index is 0.775. The largest absolute Gasteiger partial charge is 0.308 e. The molecule has 0 aromatic rings. The normalized spacial score (nSPS) is 16.8. The van der Waals surface area contributed by atoms with E-state index in [9.17, 15) is 0 Å². The van der Waals surface area contributed by atoms with Crippen LogP contribution in [0.2, 0.25) is 0 Å². The van der Waals surface area contributed by atoms with Gasteiger partial charge in [0.1, 0.15) is 0 Å². The van der Waals surface area contributed by atoms with Crippen molar-refractivity contribution < 1.29 is 0 Å². The van der Waals surface area contributed by atoms with Crippen molar-refractivity contribution in [3.8, 4) is 0 Å². The van der Waals surface area contributed by atoms with Crippen LogP contribution in [-0.4, -0.2) is 12.4 Å². The lowest BCUT2D eigenvalue weighted by molar-refractivity contribution is 0.365. The highest BCUT2D eigenvalue weighted by molar-refractivity contribution is 7.80. The molecule has 0 radical (unpaired) electrons. The lowest BCUT2D eigenvalue weighted by atomic mass is 9.94. The highest BCUT2D eigenvalue weighted by atomic mass is 32.1. The van der Waals surface area contributed by atoms with Crippen molar-refractivity contribution in [3.05, 3.63) is 0 Å². The Bertz CT molecular complexity index is 75.7. The van der Waals surface area contributed by atoms with Gasteiger partial charge in [-0.1, -0.05) is 27.2 Å². The molecule has 2 unspecified atom stereocenters. The van der Waals surface area contributed by atoms with E-state index in [1.54, 1.807) is 0 Å². The van der Waals surface area contributed by atoms with E-state index in [1.165, 1.54) is 6.42 Å². The lowest BCUT2D eigenvalue weighted by Crippen LogP contribution is -2.23. The number of nitrogens with one attached hydrogen (secondary N) is 1. The molecule has 0 spiro atoms. The molecule has 10 heavy (non-hydrogen) atoms. The Kier molecular flexibility index (Phi) is 6.24. The fourth-order valence-corrected chi connectivity index (χ4v) is 1.02. The molecule has 0 aromatic heterocycles. The van der Waals surface area contributed by atoms with E-state index in [0.29, 0.717) is 0 Å². The summed E-state index contributed by atoms with van der Waals surface area (Å²) in [6, 6.07) is 0. The molecule has 0 aliphatic heterocycles. The summed E-state index contributed by atoms with van der Waals surface area (Å²) in [5.41, 5.74) is 0. The molecule has 1 N–H and O–H groups in total. The topological polar surface area (TPSA) is 12.0 Å². The van der Waals surface area contributed by atoms with Gasteiger partial charge >= 0.3 is 0 Å². The Balaban J connectivity index is 3.31. The second-order valence-corrected chi connectivity index (χ2v) is 3.29. The lowest BCUT2D eigenvalue weighted by Gasteiger charge is -2.17. The maximum atomic E-state index is 4.08. The van der Waals surface area contributed by atoms with E-state index < -0.39 is 0 Å². The SMILES string of the molecule is CCC(C)C(C)CNCS. The first-order valence-electron chi connectivity index (χ1n) is 4.03. The van der Waals surface area contributed by atoms with Crippen molar-refractivity contribution in [3.63, 3.8) is 0 Å². The Hall–Kier alpha value is 0.310. The third-order valence-corrected chi connectivity index (χ3v) is 2.42. The molecule has 0 amide bonds. The van der Waals surface area contributed by atoms with Gasteiger partial charge in [0.05, 0.1) is 0 Å². The van der Waals surface area contributed by atoms with Gasteiger partial charge in [-0.05, 0) is 18.4 Å². The monoisotopic (exact) mass is 161 g/mol. The van der Waals surface area contributed by atoms with Crippen LogP contribution in [0.1, 0.15) is 27.2 Å². The molecular weight excluding hydrogens is 142 g/mol. The molecule has 0 aliphatic carbocycles. The summed E-state index contributed by atoms with van der Waals surface area (Å²) in [4.78, 5) is 0. The summed E-state index contributed by atoms with van der Waals surface area (Å²) in [7, 11) is 0. The van der Waals surface area contributed by atoms with Crippen LogP contribution in [0.25, 0.3) is 0 Å². The molecule has 0 fully saturated rings. The maximum absolute atomic E-state index is 4.08. The Labute approximate surface area is 70.0 Å². The van der Waals surface area contributed by atoms with Crippen LogP contribution < -0.4 is 5.32 Å².